The van der Waals surface area contributed by atoms with Gasteiger partial charge in [0.25, 0.3) is 0 Å². The average Bonchev–Trinajstić information content (AvgIpc) is 3.40. The molecule has 3 N–H and O–H groups in total. The monoisotopic (exact) mass is 353 g/mol. The van der Waals surface area contributed by atoms with E-state index in [2.05, 4.69) is 25.3 Å². The number of H-pyrrole nitrogens is 1. The predicted molar refractivity (Wildman–Crippen MR) is 92.5 cm³/mol. The van der Waals surface area contributed by atoms with Crippen LogP contribution in [0.1, 0.15) is 37.0 Å². The molecule has 9 nitrogen and oxygen atoms in total. The van der Waals surface area contributed by atoms with Gasteiger partial charge in [0.15, 0.2) is 0 Å². The lowest BCUT2D eigenvalue weighted by atomic mass is 10.2. The van der Waals surface area contributed by atoms with Gasteiger partial charge in [0, 0.05) is 24.9 Å². The number of benzene rings is 1. The van der Waals surface area contributed by atoms with E-state index in [0.717, 1.165) is 18.4 Å². The molecular formula is C17H19N7O2. The molecule has 0 spiro atoms. The Balaban J connectivity index is 1.44. The third-order valence-electron chi connectivity index (χ3n) is 4.46. The minimum atomic E-state index is -0.174. The van der Waals surface area contributed by atoms with E-state index in [4.69, 9.17) is 10.3 Å². The molecule has 1 atom stereocenters. The minimum absolute atomic E-state index is 0.0296. The fourth-order valence-electron chi connectivity index (χ4n) is 3.19. The van der Waals surface area contributed by atoms with Crippen molar-refractivity contribution < 1.29 is 9.32 Å². The number of nitrogens with one attached hydrogen (secondary N) is 1. The molecule has 1 aromatic carbocycles. The molecule has 134 valence electrons. The molecule has 0 bridgehead atoms. The van der Waals surface area contributed by atoms with Crippen molar-refractivity contribution >= 4 is 11.9 Å². The highest BCUT2D eigenvalue weighted by Crippen LogP contribution is 2.32. The number of amides is 1. The predicted octanol–water partition coefficient (Wildman–Crippen LogP) is 1.73. The van der Waals surface area contributed by atoms with Crippen LogP contribution in [0.5, 0.6) is 0 Å². The summed E-state index contributed by atoms with van der Waals surface area (Å²) in [5, 5.41) is 10.5. The van der Waals surface area contributed by atoms with Crippen LogP contribution in [0, 0.1) is 0 Å². The van der Waals surface area contributed by atoms with E-state index in [0.29, 0.717) is 36.9 Å². The second-order valence-electron chi connectivity index (χ2n) is 6.21. The summed E-state index contributed by atoms with van der Waals surface area (Å²) in [6.07, 6.45) is 2.52. The summed E-state index contributed by atoms with van der Waals surface area (Å²) in [4.78, 5) is 23.0. The van der Waals surface area contributed by atoms with Gasteiger partial charge in [-0.15, -0.1) is 5.10 Å². The van der Waals surface area contributed by atoms with Gasteiger partial charge in [-0.05, 0) is 12.8 Å². The molecule has 2 aromatic heterocycles. The molecule has 3 aromatic rings. The lowest BCUT2D eigenvalue weighted by Crippen LogP contribution is -2.31. The largest absolute Gasteiger partial charge is 0.367 e. The Morgan fingerprint density at radius 3 is 2.92 bits per heavy atom. The maximum absolute atomic E-state index is 12.6. The quantitative estimate of drug-likeness (QED) is 0.715. The van der Waals surface area contributed by atoms with Gasteiger partial charge in [-0.1, -0.05) is 35.5 Å². The standard InChI is InChI=1S/C17H19N7O2/c18-17-19-13(21-22-17)8-9-14(25)24-10-4-7-12(24)16-20-15(23-26-16)11-5-2-1-3-6-11/h1-3,5-6,12H,4,7-10H2,(H3,18,19,21,22). The summed E-state index contributed by atoms with van der Waals surface area (Å²) in [5.41, 5.74) is 6.37. The molecule has 1 amide bonds. The zero-order chi connectivity index (χ0) is 17.9. The molecule has 3 heterocycles. The number of aromatic amines is 1. The van der Waals surface area contributed by atoms with Crippen molar-refractivity contribution in [3.63, 3.8) is 0 Å². The molecule has 0 radical (unpaired) electrons. The van der Waals surface area contributed by atoms with E-state index in [1.54, 1.807) is 0 Å². The number of rotatable bonds is 5. The average molecular weight is 353 g/mol. The first-order valence-corrected chi connectivity index (χ1v) is 8.56. The first kappa shape index (κ1) is 16.2. The van der Waals surface area contributed by atoms with E-state index in [1.807, 2.05) is 35.2 Å². The Morgan fingerprint density at radius 2 is 2.15 bits per heavy atom. The van der Waals surface area contributed by atoms with Gasteiger partial charge in [0.05, 0.1) is 0 Å². The number of nitrogen functional groups attached to an aromatic ring is 1. The number of carbonyl (C=O) groups is 1. The number of hydrogen-bond donors (Lipinski definition) is 2. The smallest absolute Gasteiger partial charge is 0.249 e. The van der Waals surface area contributed by atoms with Crippen LogP contribution in [0.4, 0.5) is 5.95 Å². The number of likely N-dealkylation sites (tertiary alicyclic amines) is 1. The molecule has 26 heavy (non-hydrogen) atoms. The van der Waals surface area contributed by atoms with Crippen LogP contribution in [0.25, 0.3) is 11.4 Å². The van der Waals surface area contributed by atoms with Gasteiger partial charge in [0.1, 0.15) is 11.9 Å². The Kier molecular flexibility index (Phi) is 4.34. The highest BCUT2D eigenvalue weighted by atomic mass is 16.5. The van der Waals surface area contributed by atoms with E-state index in [1.165, 1.54) is 0 Å². The number of anilines is 1. The van der Waals surface area contributed by atoms with Crippen LogP contribution in [0.3, 0.4) is 0 Å². The van der Waals surface area contributed by atoms with Crippen molar-refractivity contribution in [2.45, 2.75) is 31.7 Å². The first-order chi connectivity index (χ1) is 12.7. The van der Waals surface area contributed by atoms with Crippen LogP contribution in [0.2, 0.25) is 0 Å². The molecule has 1 fully saturated rings. The van der Waals surface area contributed by atoms with Crippen LogP contribution in [0.15, 0.2) is 34.9 Å². The van der Waals surface area contributed by atoms with Crippen LogP contribution in [-0.4, -0.2) is 42.7 Å². The maximum atomic E-state index is 12.6. The first-order valence-electron chi connectivity index (χ1n) is 8.56. The zero-order valence-corrected chi connectivity index (χ0v) is 14.1. The van der Waals surface area contributed by atoms with Crippen molar-refractivity contribution in [1.29, 1.82) is 0 Å². The van der Waals surface area contributed by atoms with E-state index in [-0.39, 0.29) is 17.9 Å². The summed E-state index contributed by atoms with van der Waals surface area (Å²) in [6.45, 7) is 0.686. The number of hydrogen-bond acceptors (Lipinski definition) is 7. The summed E-state index contributed by atoms with van der Waals surface area (Å²) in [5.74, 6) is 1.85. The number of nitrogens with two attached hydrogens (primary N) is 1. The third-order valence-corrected chi connectivity index (χ3v) is 4.46. The fourth-order valence-corrected chi connectivity index (χ4v) is 3.19. The van der Waals surface area contributed by atoms with Gasteiger partial charge in [-0.2, -0.15) is 9.97 Å². The molecule has 1 saturated heterocycles. The lowest BCUT2D eigenvalue weighted by molar-refractivity contribution is -0.132. The van der Waals surface area contributed by atoms with Crippen molar-refractivity contribution in [2.75, 3.05) is 12.3 Å². The van der Waals surface area contributed by atoms with E-state index >= 15 is 0 Å². The van der Waals surface area contributed by atoms with Gasteiger partial charge >= 0.3 is 0 Å². The Labute approximate surface area is 149 Å². The molecule has 1 unspecified atom stereocenters. The van der Waals surface area contributed by atoms with Gasteiger partial charge in [0.2, 0.25) is 23.6 Å². The number of carbonyl (C=O) groups excluding carboxylic acids is 1. The SMILES string of the molecule is Nc1n[nH]c(CCC(=O)N2CCCC2c2nc(-c3ccccc3)no2)n1. The van der Waals surface area contributed by atoms with Crippen LogP contribution >= 0.6 is 0 Å². The normalized spacial score (nSPS) is 16.9. The number of aryl methyl sites for hydroxylation is 1. The third kappa shape index (κ3) is 3.28. The van der Waals surface area contributed by atoms with Crippen molar-refractivity contribution in [3.8, 4) is 11.4 Å². The van der Waals surface area contributed by atoms with Gasteiger partial charge in [-0.3, -0.25) is 9.89 Å². The molecule has 9 heteroatoms. The summed E-state index contributed by atoms with van der Waals surface area (Å²) in [7, 11) is 0. The molecule has 4 rings (SSSR count). The minimum Gasteiger partial charge on any atom is -0.367 e. The second-order valence-corrected chi connectivity index (χ2v) is 6.21. The summed E-state index contributed by atoms with van der Waals surface area (Å²) in [6, 6.07) is 9.46. The number of nitrogens with zero attached hydrogens (tertiary/aromatic N) is 5. The van der Waals surface area contributed by atoms with Crippen LogP contribution in [-0.2, 0) is 11.2 Å². The van der Waals surface area contributed by atoms with Crippen molar-refractivity contribution in [2.24, 2.45) is 0 Å². The molecule has 1 aliphatic rings. The van der Waals surface area contributed by atoms with Crippen LogP contribution < -0.4 is 5.73 Å². The molecule has 1 aliphatic heterocycles. The Bertz CT molecular complexity index is 889. The molecule has 0 saturated carbocycles. The Hall–Kier alpha value is -3.23. The van der Waals surface area contributed by atoms with Crippen molar-refractivity contribution in [1.82, 2.24) is 30.2 Å². The zero-order valence-electron chi connectivity index (χ0n) is 14.1. The van der Waals surface area contributed by atoms with Crippen molar-refractivity contribution in [3.05, 3.63) is 42.0 Å². The molecule has 0 aliphatic carbocycles. The summed E-state index contributed by atoms with van der Waals surface area (Å²) < 4.78 is 5.45. The highest BCUT2D eigenvalue weighted by Gasteiger charge is 2.33. The summed E-state index contributed by atoms with van der Waals surface area (Å²) >= 11 is 0. The fraction of sp³-hybridized carbons (Fsp3) is 0.353. The number of aromatic nitrogens is 5. The molecular weight excluding hydrogens is 334 g/mol. The lowest BCUT2D eigenvalue weighted by Gasteiger charge is -2.21. The topological polar surface area (TPSA) is 127 Å². The van der Waals surface area contributed by atoms with Gasteiger partial charge in [-0.25, -0.2) is 0 Å². The van der Waals surface area contributed by atoms with Gasteiger partial charge < -0.3 is 15.2 Å². The maximum Gasteiger partial charge on any atom is 0.249 e. The van der Waals surface area contributed by atoms with E-state index in [9.17, 15) is 4.79 Å². The highest BCUT2D eigenvalue weighted by molar-refractivity contribution is 5.77. The van der Waals surface area contributed by atoms with E-state index < -0.39 is 0 Å². The Morgan fingerprint density at radius 1 is 1.31 bits per heavy atom. The second kappa shape index (κ2) is 6.95.